The van der Waals surface area contributed by atoms with Gasteiger partial charge in [0.2, 0.25) is 0 Å². The monoisotopic (exact) mass is 260 g/mol. The Morgan fingerprint density at radius 2 is 1.61 bits per heavy atom. The van der Waals surface area contributed by atoms with E-state index in [1.807, 2.05) is 20.8 Å². The summed E-state index contributed by atoms with van der Waals surface area (Å²) in [6, 6.07) is 0. The van der Waals surface area contributed by atoms with Gasteiger partial charge in [-0.15, -0.1) is 0 Å². The maximum atomic E-state index is 11.3. The normalized spacial score (nSPS) is 14.1. The van der Waals surface area contributed by atoms with Crippen LogP contribution in [0.5, 0.6) is 0 Å². The second kappa shape index (κ2) is 8.91. The van der Waals surface area contributed by atoms with Gasteiger partial charge in [-0.2, -0.15) is 0 Å². The minimum atomic E-state index is -0.331. The third-order valence-electron chi connectivity index (χ3n) is 2.04. The number of carbonyl (C=O) groups is 2. The van der Waals surface area contributed by atoms with Crippen LogP contribution >= 0.6 is 0 Å². The van der Waals surface area contributed by atoms with Crippen LogP contribution in [0.2, 0.25) is 0 Å². The molecule has 2 atom stereocenters. The minimum Gasteiger partial charge on any atom is -0.463 e. The van der Waals surface area contributed by atoms with Crippen molar-refractivity contribution in [3.63, 3.8) is 0 Å². The summed E-state index contributed by atoms with van der Waals surface area (Å²) < 4.78 is 15.4. The predicted molar refractivity (Wildman–Crippen MR) is 67.1 cm³/mol. The third kappa shape index (κ3) is 10.1. The molecule has 0 aliphatic rings. The van der Waals surface area contributed by atoms with Crippen LogP contribution in [0.1, 0.15) is 41.0 Å². The van der Waals surface area contributed by atoms with Gasteiger partial charge in [0.25, 0.3) is 0 Å². The second-order valence-corrected chi connectivity index (χ2v) is 4.84. The smallest absolute Gasteiger partial charge is 0.306 e. The molecule has 0 aliphatic heterocycles. The van der Waals surface area contributed by atoms with Crippen LogP contribution in [-0.4, -0.2) is 37.4 Å². The SMILES string of the molecule is CC(=O)OC(C)COC(C)COC(=O)CC(C)C. The molecule has 0 fully saturated rings. The van der Waals surface area contributed by atoms with Crippen molar-refractivity contribution in [2.75, 3.05) is 13.2 Å². The first-order valence-corrected chi connectivity index (χ1v) is 6.25. The molecule has 106 valence electrons. The lowest BCUT2D eigenvalue weighted by Gasteiger charge is -2.17. The molecule has 0 aromatic rings. The highest BCUT2D eigenvalue weighted by molar-refractivity contribution is 5.69. The Kier molecular flexibility index (Phi) is 8.37. The van der Waals surface area contributed by atoms with E-state index in [0.717, 1.165) is 0 Å². The summed E-state index contributed by atoms with van der Waals surface area (Å²) >= 11 is 0. The number of esters is 2. The third-order valence-corrected chi connectivity index (χ3v) is 2.04. The molecule has 0 spiro atoms. The molecule has 0 amide bonds. The van der Waals surface area contributed by atoms with E-state index in [4.69, 9.17) is 14.2 Å². The highest BCUT2D eigenvalue weighted by atomic mass is 16.6. The highest BCUT2D eigenvalue weighted by Crippen LogP contribution is 2.03. The topological polar surface area (TPSA) is 61.8 Å². The average Bonchev–Trinajstić information content (AvgIpc) is 2.21. The van der Waals surface area contributed by atoms with Crippen molar-refractivity contribution in [2.45, 2.75) is 53.2 Å². The van der Waals surface area contributed by atoms with Crippen LogP contribution in [0.3, 0.4) is 0 Å². The molecule has 0 rings (SSSR count). The molecule has 0 aromatic heterocycles. The molecular weight excluding hydrogens is 236 g/mol. The quantitative estimate of drug-likeness (QED) is 0.624. The molecule has 5 heteroatoms. The molecule has 18 heavy (non-hydrogen) atoms. The average molecular weight is 260 g/mol. The number of ether oxygens (including phenoxy) is 3. The Labute approximate surface area is 109 Å². The van der Waals surface area contributed by atoms with E-state index in [-0.39, 0.29) is 36.7 Å². The van der Waals surface area contributed by atoms with E-state index in [1.54, 1.807) is 6.92 Å². The van der Waals surface area contributed by atoms with E-state index in [9.17, 15) is 9.59 Å². The fraction of sp³-hybridized carbons (Fsp3) is 0.846. The molecule has 0 saturated carbocycles. The first-order chi connectivity index (χ1) is 8.31. The maximum absolute atomic E-state index is 11.3. The van der Waals surface area contributed by atoms with E-state index >= 15 is 0 Å². The molecule has 0 aliphatic carbocycles. The van der Waals surface area contributed by atoms with Crippen molar-refractivity contribution < 1.29 is 23.8 Å². The van der Waals surface area contributed by atoms with Gasteiger partial charge in [-0.05, 0) is 19.8 Å². The predicted octanol–water partition coefficient (Wildman–Crippen LogP) is 1.93. The van der Waals surface area contributed by atoms with E-state index in [2.05, 4.69) is 0 Å². The van der Waals surface area contributed by atoms with Crippen molar-refractivity contribution >= 4 is 11.9 Å². The van der Waals surface area contributed by atoms with Crippen molar-refractivity contribution in [1.82, 2.24) is 0 Å². The Hall–Kier alpha value is -1.10. The lowest BCUT2D eigenvalue weighted by Crippen LogP contribution is -2.25. The van der Waals surface area contributed by atoms with Crippen LogP contribution in [0, 0.1) is 5.92 Å². The summed E-state index contributed by atoms with van der Waals surface area (Å²) in [6.07, 6.45) is -0.0910. The van der Waals surface area contributed by atoms with E-state index in [1.165, 1.54) is 6.92 Å². The highest BCUT2D eigenvalue weighted by Gasteiger charge is 2.12. The van der Waals surface area contributed by atoms with Crippen LogP contribution < -0.4 is 0 Å². The van der Waals surface area contributed by atoms with Crippen LogP contribution in [-0.2, 0) is 23.8 Å². The number of carbonyl (C=O) groups excluding carboxylic acids is 2. The minimum absolute atomic E-state index is 0.209. The van der Waals surface area contributed by atoms with Gasteiger partial charge < -0.3 is 14.2 Å². The van der Waals surface area contributed by atoms with Gasteiger partial charge in [0.15, 0.2) is 0 Å². The zero-order valence-corrected chi connectivity index (χ0v) is 11.9. The molecular formula is C13H24O5. The fourth-order valence-corrected chi connectivity index (χ4v) is 1.27. The zero-order valence-electron chi connectivity index (χ0n) is 11.9. The molecule has 0 radical (unpaired) electrons. The van der Waals surface area contributed by atoms with Gasteiger partial charge in [0, 0.05) is 13.3 Å². The molecule has 0 bridgehead atoms. The van der Waals surface area contributed by atoms with Crippen molar-refractivity contribution in [3.8, 4) is 0 Å². The van der Waals surface area contributed by atoms with Crippen LogP contribution in [0.4, 0.5) is 0 Å². The first kappa shape index (κ1) is 16.9. The van der Waals surface area contributed by atoms with Crippen molar-refractivity contribution in [2.24, 2.45) is 5.92 Å². The molecule has 0 N–H and O–H groups in total. The number of hydrogen-bond acceptors (Lipinski definition) is 5. The Bertz CT molecular complexity index is 262. The van der Waals surface area contributed by atoms with Crippen LogP contribution in [0.15, 0.2) is 0 Å². The Morgan fingerprint density at radius 3 is 2.11 bits per heavy atom. The fourth-order valence-electron chi connectivity index (χ4n) is 1.27. The maximum Gasteiger partial charge on any atom is 0.306 e. The van der Waals surface area contributed by atoms with Gasteiger partial charge >= 0.3 is 11.9 Å². The van der Waals surface area contributed by atoms with Crippen LogP contribution in [0.25, 0.3) is 0 Å². The number of hydrogen-bond donors (Lipinski definition) is 0. The van der Waals surface area contributed by atoms with E-state index in [0.29, 0.717) is 13.0 Å². The summed E-state index contributed by atoms with van der Waals surface area (Å²) in [5, 5.41) is 0. The molecule has 2 unspecified atom stereocenters. The lowest BCUT2D eigenvalue weighted by atomic mass is 10.1. The second-order valence-electron chi connectivity index (χ2n) is 4.84. The largest absolute Gasteiger partial charge is 0.463 e. The van der Waals surface area contributed by atoms with Gasteiger partial charge in [0.1, 0.15) is 12.7 Å². The summed E-state index contributed by atoms with van der Waals surface area (Å²) in [4.78, 5) is 22.0. The summed E-state index contributed by atoms with van der Waals surface area (Å²) in [6.45, 7) is 9.35. The molecule has 0 saturated heterocycles. The molecule has 0 aromatic carbocycles. The van der Waals surface area contributed by atoms with Gasteiger partial charge in [-0.1, -0.05) is 13.8 Å². The zero-order chi connectivity index (χ0) is 14.1. The summed E-state index contributed by atoms with van der Waals surface area (Å²) in [7, 11) is 0. The lowest BCUT2D eigenvalue weighted by molar-refractivity contribution is -0.152. The molecule has 5 nitrogen and oxygen atoms in total. The van der Waals surface area contributed by atoms with Gasteiger partial charge in [-0.3, -0.25) is 9.59 Å². The number of rotatable bonds is 8. The van der Waals surface area contributed by atoms with Gasteiger partial charge in [-0.25, -0.2) is 0 Å². The van der Waals surface area contributed by atoms with Crippen molar-refractivity contribution in [3.05, 3.63) is 0 Å². The molecule has 0 heterocycles. The standard InChI is InChI=1S/C13H24O5/c1-9(2)6-13(15)17-7-10(3)16-8-11(4)18-12(5)14/h9-11H,6-8H2,1-5H3. The van der Waals surface area contributed by atoms with Crippen molar-refractivity contribution in [1.29, 1.82) is 0 Å². The summed E-state index contributed by atoms with van der Waals surface area (Å²) in [5.74, 6) is -0.256. The summed E-state index contributed by atoms with van der Waals surface area (Å²) in [5.41, 5.74) is 0. The van der Waals surface area contributed by atoms with E-state index < -0.39 is 0 Å². The Morgan fingerprint density at radius 1 is 1.00 bits per heavy atom. The van der Waals surface area contributed by atoms with Gasteiger partial charge in [0.05, 0.1) is 12.7 Å². The first-order valence-electron chi connectivity index (χ1n) is 6.25. The Balaban J connectivity index is 3.68.